The maximum atomic E-state index is 10.7. The van der Waals surface area contributed by atoms with E-state index in [9.17, 15) is 5.11 Å². The quantitative estimate of drug-likeness (QED) is 0.387. The van der Waals surface area contributed by atoms with Crippen LogP contribution in [0.4, 0.5) is 0 Å². The van der Waals surface area contributed by atoms with Gasteiger partial charge in [0.05, 0.1) is 32.1 Å². The van der Waals surface area contributed by atoms with Gasteiger partial charge in [0, 0.05) is 31.1 Å². The molecule has 7 heteroatoms. The summed E-state index contributed by atoms with van der Waals surface area (Å²) < 4.78 is 11.0. The molecule has 3 aromatic rings. The van der Waals surface area contributed by atoms with Gasteiger partial charge in [-0.1, -0.05) is 59.2 Å². The number of nitrogens with zero attached hydrogens (tertiary/aromatic N) is 2. The molecule has 184 valence electrons. The fourth-order valence-corrected chi connectivity index (χ4v) is 4.32. The predicted molar refractivity (Wildman–Crippen MR) is 138 cm³/mol. The molecular formula is C28H31ClN2O4. The van der Waals surface area contributed by atoms with Gasteiger partial charge < -0.3 is 19.4 Å². The third-order valence-corrected chi connectivity index (χ3v) is 6.04. The first-order valence-electron chi connectivity index (χ1n) is 11.7. The Bertz CT molecular complexity index is 1090. The molecule has 1 heterocycles. The van der Waals surface area contributed by atoms with Crippen LogP contribution in [-0.4, -0.2) is 54.7 Å². The minimum Gasteiger partial charge on any atom is -0.497 e. The minimum atomic E-state index is -0.638. The van der Waals surface area contributed by atoms with Crippen LogP contribution in [0.15, 0.2) is 84.0 Å². The van der Waals surface area contributed by atoms with Crippen LogP contribution in [0, 0.1) is 0 Å². The first-order valence-corrected chi connectivity index (χ1v) is 12.1. The molecule has 4 rings (SSSR count). The Labute approximate surface area is 211 Å². The van der Waals surface area contributed by atoms with Gasteiger partial charge >= 0.3 is 0 Å². The van der Waals surface area contributed by atoms with Crippen molar-refractivity contribution < 1.29 is 19.4 Å². The number of benzene rings is 3. The molecule has 0 aliphatic carbocycles. The van der Waals surface area contributed by atoms with Crippen LogP contribution in [0.5, 0.6) is 5.75 Å². The zero-order chi connectivity index (χ0) is 24.5. The van der Waals surface area contributed by atoms with E-state index in [1.807, 2.05) is 78.9 Å². The monoisotopic (exact) mass is 494 g/mol. The van der Waals surface area contributed by atoms with Crippen LogP contribution < -0.4 is 4.74 Å². The van der Waals surface area contributed by atoms with Gasteiger partial charge in [0.1, 0.15) is 11.9 Å². The zero-order valence-corrected chi connectivity index (χ0v) is 20.6. The summed E-state index contributed by atoms with van der Waals surface area (Å²) in [5.41, 5.74) is 4.08. The van der Waals surface area contributed by atoms with Crippen LogP contribution in [0.1, 0.15) is 23.1 Å². The highest BCUT2D eigenvalue weighted by Gasteiger charge is 2.26. The van der Waals surface area contributed by atoms with E-state index >= 15 is 0 Å². The lowest BCUT2D eigenvalue weighted by Crippen LogP contribution is -2.39. The van der Waals surface area contributed by atoms with Crippen molar-refractivity contribution in [2.75, 3.05) is 26.8 Å². The molecule has 0 unspecified atom stereocenters. The predicted octanol–water partition coefficient (Wildman–Crippen LogP) is 4.92. The first-order chi connectivity index (χ1) is 17.1. The molecule has 1 aliphatic rings. The third kappa shape index (κ3) is 7.80. The van der Waals surface area contributed by atoms with E-state index in [1.165, 1.54) is 0 Å². The normalized spacial score (nSPS) is 16.1. The summed E-state index contributed by atoms with van der Waals surface area (Å²) in [4.78, 5) is 7.93. The van der Waals surface area contributed by atoms with Crippen molar-refractivity contribution in [1.29, 1.82) is 0 Å². The van der Waals surface area contributed by atoms with Gasteiger partial charge in [0.25, 0.3) is 0 Å². The van der Waals surface area contributed by atoms with Crippen molar-refractivity contribution in [2.45, 2.75) is 31.8 Å². The number of halogens is 1. The number of methoxy groups -OCH3 is 1. The van der Waals surface area contributed by atoms with Crippen molar-refractivity contribution in [1.82, 2.24) is 4.90 Å². The van der Waals surface area contributed by atoms with Crippen molar-refractivity contribution in [3.05, 3.63) is 101 Å². The molecule has 0 spiro atoms. The lowest BCUT2D eigenvalue weighted by Gasteiger charge is -2.27. The largest absolute Gasteiger partial charge is 0.497 e. The fraction of sp³-hybridized carbons (Fsp3) is 0.321. The first kappa shape index (κ1) is 25.2. The number of aliphatic hydroxyl groups is 1. The van der Waals surface area contributed by atoms with E-state index < -0.39 is 6.10 Å². The Morgan fingerprint density at radius 3 is 2.57 bits per heavy atom. The maximum absolute atomic E-state index is 10.7. The highest BCUT2D eigenvalue weighted by Crippen LogP contribution is 2.21. The van der Waals surface area contributed by atoms with Gasteiger partial charge in [0.2, 0.25) is 0 Å². The highest BCUT2D eigenvalue weighted by molar-refractivity contribution is 6.30. The molecule has 0 bridgehead atoms. The highest BCUT2D eigenvalue weighted by atomic mass is 35.5. The molecule has 1 aliphatic heterocycles. The fourth-order valence-electron chi connectivity index (χ4n) is 4.10. The molecule has 0 amide bonds. The summed E-state index contributed by atoms with van der Waals surface area (Å²) >= 11 is 6.20. The lowest BCUT2D eigenvalue weighted by atomic mass is 10.0. The van der Waals surface area contributed by atoms with Crippen molar-refractivity contribution in [3.63, 3.8) is 0 Å². The molecule has 1 N–H and O–H groups in total. The summed E-state index contributed by atoms with van der Waals surface area (Å²) in [6.07, 6.45) is -0.0519. The Morgan fingerprint density at radius 1 is 1.06 bits per heavy atom. The van der Waals surface area contributed by atoms with Gasteiger partial charge in [-0.15, -0.1) is 0 Å². The maximum Gasteiger partial charge on any atom is 0.145 e. The van der Waals surface area contributed by atoms with Crippen LogP contribution in [-0.2, 0) is 22.7 Å². The molecule has 0 aromatic heterocycles. The zero-order valence-electron chi connectivity index (χ0n) is 19.8. The van der Waals surface area contributed by atoms with Crippen LogP contribution in [0.3, 0.4) is 0 Å². The van der Waals surface area contributed by atoms with E-state index in [-0.39, 0.29) is 12.7 Å². The summed E-state index contributed by atoms with van der Waals surface area (Å²) in [5.74, 6) is 0.806. The molecule has 0 fully saturated rings. The second kappa shape index (κ2) is 12.7. The van der Waals surface area contributed by atoms with E-state index in [0.717, 1.165) is 28.2 Å². The third-order valence-electron chi connectivity index (χ3n) is 5.80. The van der Waals surface area contributed by atoms with Gasteiger partial charge in [-0.05, 0) is 53.1 Å². The Kier molecular flexibility index (Phi) is 9.15. The molecule has 0 saturated heterocycles. The number of aliphatic hydroxyl groups excluding tert-OH is 1. The number of rotatable bonds is 12. The van der Waals surface area contributed by atoms with Gasteiger partial charge in [-0.3, -0.25) is 4.90 Å². The van der Waals surface area contributed by atoms with Gasteiger partial charge in [-0.25, -0.2) is 0 Å². The molecule has 3 aromatic carbocycles. The molecule has 6 nitrogen and oxygen atoms in total. The second-order valence-corrected chi connectivity index (χ2v) is 9.11. The Balaban J connectivity index is 1.34. The number of hydrogen-bond donors (Lipinski definition) is 1. The van der Waals surface area contributed by atoms with Crippen LogP contribution >= 0.6 is 11.6 Å². The van der Waals surface area contributed by atoms with Crippen molar-refractivity contribution in [3.8, 4) is 5.75 Å². The van der Waals surface area contributed by atoms with Gasteiger partial charge in [0.15, 0.2) is 0 Å². The second-order valence-electron chi connectivity index (χ2n) is 8.68. The number of hydrogen-bond acceptors (Lipinski definition) is 6. The van der Waals surface area contributed by atoms with Crippen molar-refractivity contribution >= 4 is 17.3 Å². The van der Waals surface area contributed by atoms with Crippen LogP contribution in [0.25, 0.3) is 0 Å². The molecular weight excluding hydrogens is 464 g/mol. The molecule has 2 atom stereocenters. The molecule has 0 radical (unpaired) electrons. The average molecular weight is 495 g/mol. The van der Waals surface area contributed by atoms with Crippen LogP contribution in [0.2, 0.25) is 5.02 Å². The summed E-state index contributed by atoms with van der Waals surface area (Å²) in [6.45, 7) is 2.41. The van der Waals surface area contributed by atoms with Gasteiger partial charge in [-0.2, -0.15) is 0 Å². The average Bonchev–Trinajstić information content (AvgIpc) is 3.33. The minimum absolute atomic E-state index is 0.108. The summed E-state index contributed by atoms with van der Waals surface area (Å²) in [5, 5.41) is 15.7. The molecule has 35 heavy (non-hydrogen) atoms. The Morgan fingerprint density at radius 2 is 1.83 bits per heavy atom. The van der Waals surface area contributed by atoms with Crippen molar-refractivity contribution in [2.24, 2.45) is 5.16 Å². The smallest absolute Gasteiger partial charge is 0.145 e. The van der Waals surface area contributed by atoms with E-state index in [1.54, 1.807) is 7.11 Å². The standard InChI is InChI=1S/C28H31ClN2O4/c1-33-26-12-10-23(11-13-26)28-15-27(35-30-28)18-31(16-22-8-5-9-24(29)14-22)17-25(32)20-34-19-21-6-3-2-4-7-21/h2-14,25,27,32H,15-20H2,1H3/t25-,27-/m0/s1. The molecule has 0 saturated carbocycles. The summed E-state index contributed by atoms with van der Waals surface area (Å²) in [7, 11) is 1.65. The number of ether oxygens (including phenoxy) is 2. The number of oxime groups is 1. The van der Waals surface area contributed by atoms with E-state index in [4.69, 9.17) is 25.9 Å². The summed E-state index contributed by atoms with van der Waals surface area (Å²) in [6, 6.07) is 25.5. The SMILES string of the molecule is COc1ccc(C2=NO[C@H](CN(Cc3cccc(Cl)c3)C[C@H](O)COCc3ccccc3)C2)cc1. The van der Waals surface area contributed by atoms with E-state index in [2.05, 4.69) is 10.1 Å². The topological polar surface area (TPSA) is 63.5 Å². The van der Waals surface area contributed by atoms with E-state index in [0.29, 0.717) is 37.7 Å². The lowest BCUT2D eigenvalue weighted by molar-refractivity contribution is -0.00648. The Hall–Kier alpha value is -2.90.